The summed E-state index contributed by atoms with van der Waals surface area (Å²) in [5, 5.41) is 6.50. The van der Waals surface area contributed by atoms with Gasteiger partial charge in [0.2, 0.25) is 0 Å². The van der Waals surface area contributed by atoms with Gasteiger partial charge in [0, 0.05) is 18.8 Å². The van der Waals surface area contributed by atoms with E-state index in [0.717, 1.165) is 12.1 Å². The molecule has 0 bridgehead atoms. The van der Waals surface area contributed by atoms with E-state index in [4.69, 9.17) is 5.73 Å². The molecule has 18 heavy (non-hydrogen) atoms. The highest BCUT2D eigenvalue weighted by Crippen LogP contribution is 2.24. The largest absolute Gasteiger partial charge is 0.389 e. The number of nitrogens with two attached hydrogens (primary N) is 1. The third kappa shape index (κ3) is 2.45. The van der Waals surface area contributed by atoms with Crippen molar-refractivity contribution >= 4 is 28.6 Å². The summed E-state index contributed by atoms with van der Waals surface area (Å²) in [4.78, 5) is -0.0549. The van der Waals surface area contributed by atoms with Crippen LogP contribution in [0.25, 0.3) is 0 Å². The van der Waals surface area contributed by atoms with Crippen molar-refractivity contribution in [2.45, 2.75) is 0 Å². The van der Waals surface area contributed by atoms with Crippen LogP contribution in [0, 0.1) is 11.6 Å². The maximum absolute atomic E-state index is 13.7. The van der Waals surface area contributed by atoms with Crippen LogP contribution in [0.3, 0.4) is 0 Å². The normalized spacial score (nSPS) is 10.4. The van der Waals surface area contributed by atoms with Crippen molar-refractivity contribution in [3.8, 4) is 0 Å². The summed E-state index contributed by atoms with van der Waals surface area (Å²) >= 11 is 4.67. The average Bonchev–Trinajstić information content (AvgIpc) is 2.69. The van der Waals surface area contributed by atoms with Gasteiger partial charge in [0.1, 0.15) is 22.3 Å². The van der Waals surface area contributed by atoms with Crippen molar-refractivity contribution in [2.24, 2.45) is 12.8 Å². The maximum Gasteiger partial charge on any atom is 0.150 e. The lowest BCUT2D eigenvalue weighted by Gasteiger charge is -2.08. The van der Waals surface area contributed by atoms with Gasteiger partial charge in [-0.1, -0.05) is 12.2 Å². The number of nitrogens with zero attached hydrogens (tertiary/aromatic N) is 2. The summed E-state index contributed by atoms with van der Waals surface area (Å²) in [5.74, 6) is -1.52. The number of thiocarbonyl (C=S) groups is 1. The zero-order chi connectivity index (χ0) is 13.3. The predicted octanol–water partition coefficient (Wildman–Crippen LogP) is 2.08. The van der Waals surface area contributed by atoms with Crippen LogP contribution in [-0.2, 0) is 7.05 Å². The fourth-order valence-corrected chi connectivity index (χ4v) is 1.58. The van der Waals surface area contributed by atoms with Crippen molar-refractivity contribution in [1.82, 2.24) is 9.78 Å². The number of hydrogen-bond donors (Lipinski definition) is 2. The molecule has 7 heteroatoms. The van der Waals surface area contributed by atoms with Crippen molar-refractivity contribution in [1.29, 1.82) is 0 Å². The molecule has 3 N–H and O–H groups in total. The Morgan fingerprint density at radius 1 is 1.39 bits per heavy atom. The zero-order valence-corrected chi connectivity index (χ0v) is 10.3. The van der Waals surface area contributed by atoms with Gasteiger partial charge in [-0.3, -0.25) is 4.68 Å². The molecule has 94 valence electrons. The molecule has 1 heterocycles. The first kappa shape index (κ1) is 12.4. The van der Waals surface area contributed by atoms with E-state index in [0.29, 0.717) is 5.69 Å². The molecule has 1 aromatic carbocycles. The summed E-state index contributed by atoms with van der Waals surface area (Å²) in [6, 6.07) is 2.17. The third-order valence-corrected chi connectivity index (χ3v) is 2.54. The van der Waals surface area contributed by atoms with Crippen LogP contribution in [0.5, 0.6) is 0 Å². The number of hydrogen-bond acceptors (Lipinski definition) is 3. The van der Waals surface area contributed by atoms with E-state index in [-0.39, 0.29) is 16.2 Å². The Morgan fingerprint density at radius 2 is 2.00 bits per heavy atom. The number of aryl methyl sites for hydroxylation is 1. The Morgan fingerprint density at radius 3 is 2.44 bits per heavy atom. The summed E-state index contributed by atoms with van der Waals surface area (Å²) in [6.07, 6.45) is 3.06. The molecule has 1 aromatic heterocycles. The second kappa shape index (κ2) is 4.69. The van der Waals surface area contributed by atoms with Gasteiger partial charge in [0.05, 0.1) is 11.9 Å². The zero-order valence-electron chi connectivity index (χ0n) is 9.45. The Balaban J connectivity index is 2.37. The Hall–Kier alpha value is -2.02. The maximum atomic E-state index is 13.7. The van der Waals surface area contributed by atoms with E-state index in [2.05, 4.69) is 22.6 Å². The average molecular weight is 268 g/mol. The number of benzene rings is 1. The van der Waals surface area contributed by atoms with Crippen LogP contribution in [0.4, 0.5) is 20.2 Å². The van der Waals surface area contributed by atoms with Crippen molar-refractivity contribution in [2.75, 3.05) is 5.32 Å². The second-order valence-corrected chi connectivity index (χ2v) is 4.15. The number of anilines is 2. The fraction of sp³-hybridized carbons (Fsp3) is 0.0909. The second-order valence-electron chi connectivity index (χ2n) is 3.71. The molecule has 0 amide bonds. The Kier molecular flexibility index (Phi) is 3.24. The Labute approximate surface area is 107 Å². The minimum atomic E-state index is -0.762. The topological polar surface area (TPSA) is 55.9 Å². The third-order valence-electron chi connectivity index (χ3n) is 2.30. The lowest BCUT2D eigenvalue weighted by atomic mass is 10.2. The van der Waals surface area contributed by atoms with Crippen LogP contribution in [0.15, 0.2) is 24.5 Å². The molecular formula is C11H10F2N4S. The highest BCUT2D eigenvalue weighted by Gasteiger charge is 2.13. The molecule has 0 aliphatic heterocycles. The molecule has 4 nitrogen and oxygen atoms in total. The monoisotopic (exact) mass is 268 g/mol. The minimum Gasteiger partial charge on any atom is -0.389 e. The first-order valence-corrected chi connectivity index (χ1v) is 5.42. The molecule has 2 aromatic rings. The van der Waals surface area contributed by atoms with Crippen molar-refractivity contribution in [3.63, 3.8) is 0 Å². The van der Waals surface area contributed by atoms with Gasteiger partial charge >= 0.3 is 0 Å². The van der Waals surface area contributed by atoms with Gasteiger partial charge in [0.15, 0.2) is 0 Å². The molecule has 0 fully saturated rings. The molecule has 0 saturated heterocycles. The highest BCUT2D eigenvalue weighted by molar-refractivity contribution is 7.80. The molecule has 2 rings (SSSR count). The summed E-state index contributed by atoms with van der Waals surface area (Å²) < 4.78 is 29.0. The molecule has 0 unspecified atom stereocenters. The minimum absolute atomic E-state index is 0.0549. The Bertz CT molecular complexity index is 586. The summed E-state index contributed by atoms with van der Waals surface area (Å²) in [6.45, 7) is 0. The predicted molar refractivity (Wildman–Crippen MR) is 68.7 cm³/mol. The SMILES string of the molecule is Cn1cc(Nc2c(F)cc(C(N)=S)cc2F)cn1. The molecule has 0 radical (unpaired) electrons. The standard InChI is InChI=1S/C11H10F2N4S/c1-17-5-7(4-15-17)16-10-8(12)2-6(11(14)18)3-9(10)13/h2-5,16H,1H3,(H2,14,18). The first-order chi connectivity index (χ1) is 8.47. The number of rotatable bonds is 3. The van der Waals surface area contributed by atoms with Gasteiger partial charge in [-0.15, -0.1) is 0 Å². The van der Waals surface area contributed by atoms with Gasteiger partial charge in [0.25, 0.3) is 0 Å². The fourth-order valence-electron chi connectivity index (χ4n) is 1.46. The molecule has 0 aliphatic carbocycles. The van der Waals surface area contributed by atoms with Crippen LogP contribution in [-0.4, -0.2) is 14.8 Å². The number of aromatic nitrogens is 2. The van der Waals surface area contributed by atoms with Crippen molar-refractivity contribution < 1.29 is 8.78 Å². The molecule has 0 spiro atoms. The molecule has 0 atom stereocenters. The van der Waals surface area contributed by atoms with Crippen LogP contribution < -0.4 is 11.1 Å². The van der Waals surface area contributed by atoms with E-state index in [1.54, 1.807) is 13.2 Å². The van der Waals surface area contributed by atoms with E-state index in [1.807, 2.05) is 0 Å². The quantitative estimate of drug-likeness (QED) is 0.837. The van der Waals surface area contributed by atoms with Crippen LogP contribution in [0.2, 0.25) is 0 Å². The van der Waals surface area contributed by atoms with Crippen LogP contribution in [0.1, 0.15) is 5.56 Å². The van der Waals surface area contributed by atoms with Crippen molar-refractivity contribution in [3.05, 3.63) is 41.7 Å². The molecule has 0 aliphatic rings. The number of halogens is 2. The highest BCUT2D eigenvalue weighted by atomic mass is 32.1. The van der Waals surface area contributed by atoms with E-state index >= 15 is 0 Å². The lowest BCUT2D eigenvalue weighted by molar-refractivity contribution is 0.590. The smallest absolute Gasteiger partial charge is 0.150 e. The van der Waals surface area contributed by atoms with E-state index in [1.165, 1.54) is 10.9 Å². The number of nitrogens with one attached hydrogen (secondary N) is 1. The van der Waals surface area contributed by atoms with Gasteiger partial charge < -0.3 is 11.1 Å². The van der Waals surface area contributed by atoms with E-state index in [9.17, 15) is 8.78 Å². The van der Waals surface area contributed by atoms with E-state index < -0.39 is 11.6 Å². The molecule has 0 saturated carbocycles. The van der Waals surface area contributed by atoms with Gasteiger partial charge in [-0.05, 0) is 12.1 Å². The van der Waals surface area contributed by atoms with Gasteiger partial charge in [-0.25, -0.2) is 8.78 Å². The summed E-state index contributed by atoms with van der Waals surface area (Å²) in [7, 11) is 1.70. The molecular weight excluding hydrogens is 258 g/mol. The summed E-state index contributed by atoms with van der Waals surface area (Å²) in [5.41, 5.74) is 5.70. The van der Waals surface area contributed by atoms with Gasteiger partial charge in [-0.2, -0.15) is 5.10 Å². The lowest BCUT2D eigenvalue weighted by Crippen LogP contribution is -2.11. The first-order valence-electron chi connectivity index (χ1n) is 5.02. The van der Waals surface area contributed by atoms with Crippen LogP contribution >= 0.6 is 12.2 Å².